The van der Waals surface area contributed by atoms with E-state index in [0.29, 0.717) is 61.4 Å². The summed E-state index contributed by atoms with van der Waals surface area (Å²) in [6.07, 6.45) is 0.753. The molecule has 0 bridgehead atoms. The Labute approximate surface area is 189 Å². The van der Waals surface area contributed by atoms with Crippen LogP contribution in [0.5, 0.6) is 11.5 Å². The summed E-state index contributed by atoms with van der Waals surface area (Å²) < 4.78 is 39.0. The highest BCUT2D eigenvalue weighted by Gasteiger charge is 2.32. The van der Waals surface area contributed by atoms with E-state index in [-0.39, 0.29) is 17.9 Å². The number of carbonyl (C=O) groups excluding carboxylic acids is 1. The molecule has 8 heteroatoms. The number of hydrogen-bond donors (Lipinski definition) is 1. The molecule has 32 heavy (non-hydrogen) atoms. The molecule has 1 atom stereocenters. The molecule has 7 nitrogen and oxygen atoms in total. The van der Waals surface area contributed by atoms with Crippen LogP contribution in [-0.2, 0) is 14.8 Å². The summed E-state index contributed by atoms with van der Waals surface area (Å²) in [6.45, 7) is 5.56. The first kappa shape index (κ1) is 22.6. The maximum atomic E-state index is 13.0. The van der Waals surface area contributed by atoms with Gasteiger partial charge >= 0.3 is 0 Å². The van der Waals surface area contributed by atoms with Crippen molar-refractivity contribution < 1.29 is 22.7 Å². The molecule has 1 amide bonds. The van der Waals surface area contributed by atoms with E-state index in [1.165, 1.54) is 4.31 Å². The molecule has 0 aliphatic carbocycles. The molecule has 2 aromatic rings. The van der Waals surface area contributed by atoms with Gasteiger partial charge in [-0.3, -0.25) is 4.79 Å². The smallest absolute Gasteiger partial charge is 0.243 e. The molecule has 1 N–H and O–H groups in total. The van der Waals surface area contributed by atoms with Gasteiger partial charge in [0.15, 0.2) is 11.5 Å². The van der Waals surface area contributed by atoms with Gasteiger partial charge in [-0.05, 0) is 48.6 Å². The van der Waals surface area contributed by atoms with E-state index in [9.17, 15) is 13.2 Å². The van der Waals surface area contributed by atoms with Crippen molar-refractivity contribution in [2.24, 2.45) is 5.92 Å². The molecule has 1 unspecified atom stereocenters. The maximum absolute atomic E-state index is 13.0. The molecule has 0 radical (unpaired) electrons. The third kappa shape index (κ3) is 4.91. The number of carbonyl (C=O) groups is 1. The van der Waals surface area contributed by atoms with Crippen molar-refractivity contribution in [3.63, 3.8) is 0 Å². The van der Waals surface area contributed by atoms with Gasteiger partial charge in [-0.25, -0.2) is 8.42 Å². The summed E-state index contributed by atoms with van der Waals surface area (Å²) in [5, 5.41) is 2.94. The van der Waals surface area contributed by atoms with Crippen LogP contribution in [0.15, 0.2) is 53.4 Å². The predicted molar refractivity (Wildman–Crippen MR) is 121 cm³/mol. The van der Waals surface area contributed by atoms with Crippen molar-refractivity contribution in [1.82, 2.24) is 9.62 Å². The summed E-state index contributed by atoms with van der Waals surface area (Å²) in [5.74, 6) is 1.47. The van der Waals surface area contributed by atoms with Gasteiger partial charge in [-0.15, -0.1) is 0 Å². The first-order valence-electron chi connectivity index (χ1n) is 11.1. The lowest BCUT2D eigenvalue weighted by Gasteiger charge is -2.31. The molecule has 0 aromatic heterocycles. The third-order valence-electron chi connectivity index (χ3n) is 6.08. The average molecular weight is 459 g/mol. The first-order chi connectivity index (χ1) is 15.3. The molecule has 172 valence electrons. The van der Waals surface area contributed by atoms with Crippen LogP contribution in [0.2, 0.25) is 0 Å². The van der Waals surface area contributed by atoms with Crippen LogP contribution in [0.3, 0.4) is 0 Å². The van der Waals surface area contributed by atoms with Crippen molar-refractivity contribution in [1.29, 1.82) is 0 Å². The van der Waals surface area contributed by atoms with Crippen molar-refractivity contribution >= 4 is 15.9 Å². The number of benzene rings is 2. The second kappa shape index (κ2) is 9.50. The minimum Gasteiger partial charge on any atom is -0.486 e. The Morgan fingerprint density at radius 1 is 1.06 bits per heavy atom. The van der Waals surface area contributed by atoms with Gasteiger partial charge in [0.05, 0.1) is 11.4 Å². The largest absolute Gasteiger partial charge is 0.486 e. The number of sulfonamides is 1. The summed E-state index contributed by atoms with van der Waals surface area (Å²) in [4.78, 5) is 12.9. The summed E-state index contributed by atoms with van der Waals surface area (Å²) >= 11 is 0. The van der Waals surface area contributed by atoms with Gasteiger partial charge in [-0.1, -0.05) is 38.1 Å². The van der Waals surface area contributed by atoms with Crippen molar-refractivity contribution in [2.75, 3.05) is 26.2 Å². The zero-order valence-electron chi connectivity index (χ0n) is 18.5. The lowest BCUT2D eigenvalue weighted by Crippen LogP contribution is -2.46. The number of hydrogen-bond acceptors (Lipinski definition) is 5. The molecule has 2 aromatic carbocycles. The second-order valence-electron chi connectivity index (χ2n) is 8.64. The molecule has 0 saturated carbocycles. The molecule has 2 heterocycles. The topological polar surface area (TPSA) is 84.9 Å². The fourth-order valence-electron chi connectivity index (χ4n) is 4.05. The van der Waals surface area contributed by atoms with E-state index >= 15 is 0 Å². The molecule has 1 fully saturated rings. The van der Waals surface area contributed by atoms with Gasteiger partial charge in [0.25, 0.3) is 0 Å². The van der Waals surface area contributed by atoms with Crippen molar-refractivity contribution in [3.05, 3.63) is 54.1 Å². The second-order valence-corrected chi connectivity index (χ2v) is 10.6. The van der Waals surface area contributed by atoms with Gasteiger partial charge in [0, 0.05) is 19.0 Å². The lowest BCUT2D eigenvalue weighted by atomic mass is 9.97. The fourth-order valence-corrected chi connectivity index (χ4v) is 5.52. The van der Waals surface area contributed by atoms with E-state index < -0.39 is 10.0 Å². The molecule has 0 spiro atoms. The monoisotopic (exact) mass is 458 g/mol. The summed E-state index contributed by atoms with van der Waals surface area (Å²) in [5.41, 5.74) is 1.11. The Bertz CT molecular complexity index is 1040. The van der Waals surface area contributed by atoms with Crippen LogP contribution in [0.1, 0.15) is 38.2 Å². The zero-order valence-corrected chi connectivity index (χ0v) is 19.3. The Balaban J connectivity index is 1.27. The number of para-hydroxylation sites is 2. The van der Waals surface area contributed by atoms with Crippen molar-refractivity contribution in [2.45, 2.75) is 43.6 Å². The standard InChI is InChI=1S/C24H30N2O5S/c1-17(2)18-7-9-21(10-8-18)32(28,29)26-13-11-19(12-14-26)24(27)25-15-20-16-30-22-5-3-4-6-23(22)31-20/h3-10,17,19-20H,11-16H2,1-2H3,(H,25,27). The molecule has 1 saturated heterocycles. The van der Waals surface area contributed by atoms with Crippen LogP contribution in [0.25, 0.3) is 0 Å². The highest BCUT2D eigenvalue weighted by atomic mass is 32.2. The van der Waals surface area contributed by atoms with E-state index in [1.54, 1.807) is 12.1 Å². The predicted octanol–water partition coefficient (Wildman–Crippen LogP) is 3.17. The molecular formula is C24H30N2O5S. The summed E-state index contributed by atoms with van der Waals surface area (Å²) in [7, 11) is -3.55. The first-order valence-corrected chi connectivity index (χ1v) is 12.5. The number of fused-ring (bicyclic) bond motifs is 1. The molecule has 4 rings (SSSR count). The quantitative estimate of drug-likeness (QED) is 0.719. The normalized spacial score (nSPS) is 19.7. The van der Waals surface area contributed by atoms with Gasteiger partial charge in [0.1, 0.15) is 12.7 Å². The van der Waals surface area contributed by atoms with Crippen LogP contribution < -0.4 is 14.8 Å². The number of rotatable bonds is 6. The van der Waals surface area contributed by atoms with Crippen LogP contribution in [0.4, 0.5) is 0 Å². The number of ether oxygens (including phenoxy) is 2. The Kier molecular flexibility index (Phi) is 6.71. The Morgan fingerprint density at radius 3 is 2.38 bits per heavy atom. The SMILES string of the molecule is CC(C)c1ccc(S(=O)(=O)N2CCC(C(=O)NCC3COc4ccccc4O3)CC2)cc1. The van der Waals surface area contributed by atoms with E-state index in [1.807, 2.05) is 36.4 Å². The third-order valence-corrected chi connectivity index (χ3v) is 7.99. The molecule has 2 aliphatic heterocycles. The Morgan fingerprint density at radius 2 is 1.72 bits per heavy atom. The van der Waals surface area contributed by atoms with E-state index in [0.717, 1.165) is 5.56 Å². The van der Waals surface area contributed by atoms with Gasteiger partial charge in [-0.2, -0.15) is 4.31 Å². The fraction of sp³-hybridized carbons (Fsp3) is 0.458. The number of amides is 1. The van der Waals surface area contributed by atoms with Crippen molar-refractivity contribution in [3.8, 4) is 11.5 Å². The minimum absolute atomic E-state index is 0.0641. The lowest BCUT2D eigenvalue weighted by molar-refractivity contribution is -0.126. The summed E-state index contributed by atoms with van der Waals surface area (Å²) in [6, 6.07) is 14.5. The number of nitrogens with zero attached hydrogens (tertiary/aromatic N) is 1. The van der Waals surface area contributed by atoms with E-state index in [4.69, 9.17) is 9.47 Å². The zero-order chi connectivity index (χ0) is 22.7. The highest BCUT2D eigenvalue weighted by Crippen LogP contribution is 2.31. The Hall–Kier alpha value is -2.58. The van der Waals surface area contributed by atoms with Crippen LogP contribution in [-0.4, -0.2) is 51.0 Å². The van der Waals surface area contributed by atoms with Crippen LogP contribution >= 0.6 is 0 Å². The van der Waals surface area contributed by atoms with E-state index in [2.05, 4.69) is 19.2 Å². The van der Waals surface area contributed by atoms with Gasteiger partial charge in [0.2, 0.25) is 15.9 Å². The van der Waals surface area contributed by atoms with Gasteiger partial charge < -0.3 is 14.8 Å². The number of piperidine rings is 1. The number of nitrogens with one attached hydrogen (secondary N) is 1. The maximum Gasteiger partial charge on any atom is 0.243 e. The minimum atomic E-state index is -3.55. The molecule has 2 aliphatic rings. The molecular weight excluding hydrogens is 428 g/mol. The highest BCUT2D eigenvalue weighted by molar-refractivity contribution is 7.89. The van der Waals surface area contributed by atoms with Crippen LogP contribution in [0, 0.1) is 5.92 Å². The average Bonchev–Trinajstić information content (AvgIpc) is 2.82.